The molecule has 0 fully saturated rings. The van der Waals surface area contributed by atoms with E-state index in [4.69, 9.17) is 4.84 Å². The number of hydrogen-bond donors (Lipinski definition) is 1. The monoisotopic (exact) mass is 368 g/mol. The number of anilines is 1. The molecule has 1 heterocycles. The molecule has 0 saturated heterocycles. The van der Waals surface area contributed by atoms with Crippen molar-refractivity contribution in [2.45, 2.75) is 58.3 Å². The standard InChI is InChI=1S/C20H24N4O3/c1-13(20(26)27-24-12-21-11-22-24)8-9-18(25)23-19-16-6-2-4-14(16)10-15-5-3-7-17(15)19/h10-13H,2-9H2,1H3,(H,23,25)/t13-/m1/s1. The fraction of sp³-hybridized carbons (Fsp3) is 0.500. The highest BCUT2D eigenvalue weighted by Gasteiger charge is 2.25. The van der Waals surface area contributed by atoms with Crippen LogP contribution < -0.4 is 10.2 Å². The average molecular weight is 368 g/mol. The molecule has 27 heavy (non-hydrogen) atoms. The molecule has 0 spiro atoms. The van der Waals surface area contributed by atoms with Gasteiger partial charge in [-0.15, -0.1) is 5.10 Å². The van der Waals surface area contributed by atoms with Crippen molar-refractivity contribution < 1.29 is 14.4 Å². The third kappa shape index (κ3) is 3.72. The van der Waals surface area contributed by atoms with Crippen molar-refractivity contribution in [3.63, 3.8) is 0 Å². The summed E-state index contributed by atoms with van der Waals surface area (Å²) >= 11 is 0. The molecular formula is C20H24N4O3. The van der Waals surface area contributed by atoms with Gasteiger partial charge in [-0.25, -0.2) is 9.78 Å². The maximum Gasteiger partial charge on any atom is 0.337 e. The van der Waals surface area contributed by atoms with Crippen molar-refractivity contribution in [3.8, 4) is 0 Å². The summed E-state index contributed by atoms with van der Waals surface area (Å²) in [7, 11) is 0. The van der Waals surface area contributed by atoms with Crippen molar-refractivity contribution >= 4 is 17.6 Å². The van der Waals surface area contributed by atoms with Crippen LogP contribution in [0.1, 0.15) is 54.9 Å². The molecule has 2 aliphatic carbocycles. The molecule has 7 heteroatoms. The number of carbonyl (C=O) groups is 2. The largest absolute Gasteiger partial charge is 0.337 e. The molecule has 1 aromatic heterocycles. The third-order valence-electron chi connectivity index (χ3n) is 5.53. The van der Waals surface area contributed by atoms with Crippen LogP contribution in [0.15, 0.2) is 18.7 Å². The van der Waals surface area contributed by atoms with Gasteiger partial charge in [0.1, 0.15) is 6.33 Å². The zero-order chi connectivity index (χ0) is 18.8. The van der Waals surface area contributed by atoms with Crippen LogP contribution in [0.5, 0.6) is 0 Å². The minimum atomic E-state index is -0.421. The summed E-state index contributed by atoms with van der Waals surface area (Å²) in [6.07, 6.45) is 9.93. The maximum absolute atomic E-state index is 12.6. The number of fused-ring (bicyclic) bond motifs is 2. The lowest BCUT2D eigenvalue weighted by Crippen LogP contribution is -2.27. The minimum absolute atomic E-state index is 0.0372. The molecule has 1 amide bonds. The van der Waals surface area contributed by atoms with E-state index in [0.717, 1.165) is 49.1 Å². The smallest absolute Gasteiger partial charge is 0.326 e. The molecule has 7 nitrogen and oxygen atoms in total. The first kappa shape index (κ1) is 17.7. The lowest BCUT2D eigenvalue weighted by Gasteiger charge is -2.16. The zero-order valence-corrected chi connectivity index (χ0v) is 15.5. The molecule has 0 aliphatic heterocycles. The van der Waals surface area contributed by atoms with Crippen LogP contribution >= 0.6 is 0 Å². The maximum atomic E-state index is 12.6. The van der Waals surface area contributed by atoms with Gasteiger partial charge >= 0.3 is 5.97 Å². The topological polar surface area (TPSA) is 86.1 Å². The van der Waals surface area contributed by atoms with Gasteiger partial charge in [-0.2, -0.15) is 0 Å². The summed E-state index contributed by atoms with van der Waals surface area (Å²) in [6.45, 7) is 1.75. The number of aryl methyl sites for hydroxylation is 2. The minimum Gasteiger partial charge on any atom is -0.326 e. The highest BCUT2D eigenvalue weighted by molar-refractivity contribution is 5.93. The van der Waals surface area contributed by atoms with Gasteiger partial charge in [0.2, 0.25) is 5.91 Å². The van der Waals surface area contributed by atoms with Crippen LogP contribution in [0.3, 0.4) is 0 Å². The van der Waals surface area contributed by atoms with E-state index >= 15 is 0 Å². The molecule has 2 aliphatic rings. The zero-order valence-electron chi connectivity index (χ0n) is 15.5. The fourth-order valence-corrected chi connectivity index (χ4v) is 4.06. The van der Waals surface area contributed by atoms with Crippen LogP contribution in [0, 0.1) is 5.92 Å². The average Bonchev–Trinajstić information content (AvgIpc) is 3.40. The number of hydrogen-bond acceptors (Lipinski definition) is 5. The Morgan fingerprint density at radius 1 is 1.19 bits per heavy atom. The van der Waals surface area contributed by atoms with Crippen LogP contribution in [-0.4, -0.2) is 26.8 Å². The van der Waals surface area contributed by atoms with E-state index in [9.17, 15) is 9.59 Å². The second kappa shape index (κ2) is 7.50. The second-order valence-electron chi connectivity index (χ2n) is 7.43. The number of nitrogens with one attached hydrogen (secondary N) is 1. The Bertz CT molecular complexity index is 828. The Labute approximate surface area is 158 Å². The predicted molar refractivity (Wildman–Crippen MR) is 99.1 cm³/mol. The van der Waals surface area contributed by atoms with Crippen LogP contribution in [0.25, 0.3) is 0 Å². The summed E-state index contributed by atoms with van der Waals surface area (Å²) in [5, 5.41) is 6.90. The highest BCUT2D eigenvalue weighted by Crippen LogP contribution is 2.38. The first-order valence-corrected chi connectivity index (χ1v) is 9.65. The van der Waals surface area contributed by atoms with Crippen molar-refractivity contribution in [2.75, 3.05) is 5.32 Å². The molecule has 1 aromatic carbocycles. The number of rotatable bonds is 6. The Kier molecular flexibility index (Phi) is 4.92. The number of carbonyl (C=O) groups excluding carboxylic acids is 2. The van der Waals surface area contributed by atoms with Gasteiger partial charge in [0.15, 0.2) is 6.33 Å². The lowest BCUT2D eigenvalue weighted by molar-refractivity contribution is -0.150. The van der Waals surface area contributed by atoms with E-state index in [1.165, 1.54) is 34.9 Å². The van der Waals surface area contributed by atoms with Crippen molar-refractivity contribution in [2.24, 2.45) is 5.92 Å². The first-order chi connectivity index (χ1) is 13.1. The van der Waals surface area contributed by atoms with E-state index < -0.39 is 11.9 Å². The Morgan fingerprint density at radius 2 is 1.89 bits per heavy atom. The second-order valence-corrected chi connectivity index (χ2v) is 7.43. The molecule has 0 unspecified atom stereocenters. The van der Waals surface area contributed by atoms with Crippen molar-refractivity contribution in [3.05, 3.63) is 41.0 Å². The van der Waals surface area contributed by atoms with E-state index in [1.807, 2.05) is 0 Å². The van der Waals surface area contributed by atoms with Gasteiger partial charge in [0, 0.05) is 12.1 Å². The van der Waals surface area contributed by atoms with Crippen molar-refractivity contribution in [1.29, 1.82) is 0 Å². The number of amides is 1. The molecule has 142 valence electrons. The Morgan fingerprint density at radius 3 is 2.52 bits per heavy atom. The van der Waals surface area contributed by atoms with E-state index in [-0.39, 0.29) is 12.3 Å². The van der Waals surface area contributed by atoms with Gasteiger partial charge in [0.25, 0.3) is 0 Å². The Balaban J connectivity index is 1.37. The molecule has 0 saturated carbocycles. The molecule has 0 radical (unpaired) electrons. The van der Waals surface area contributed by atoms with Gasteiger partial charge < -0.3 is 10.2 Å². The van der Waals surface area contributed by atoms with Gasteiger partial charge in [-0.3, -0.25) is 4.79 Å². The summed E-state index contributed by atoms with van der Waals surface area (Å²) < 4.78 is 0. The van der Waals surface area contributed by atoms with Crippen LogP contribution in [0.4, 0.5) is 5.69 Å². The summed E-state index contributed by atoms with van der Waals surface area (Å²) in [4.78, 5) is 34.4. The predicted octanol–water partition coefficient (Wildman–Crippen LogP) is 2.27. The lowest BCUT2D eigenvalue weighted by atomic mass is 9.98. The number of benzene rings is 1. The molecule has 2 aromatic rings. The van der Waals surface area contributed by atoms with E-state index in [1.54, 1.807) is 6.92 Å². The number of nitrogens with zero attached hydrogens (tertiary/aromatic N) is 3. The molecular weight excluding hydrogens is 344 g/mol. The van der Waals surface area contributed by atoms with Gasteiger partial charge in [-0.1, -0.05) is 17.8 Å². The summed E-state index contributed by atoms with van der Waals surface area (Å²) in [5.74, 6) is -0.855. The van der Waals surface area contributed by atoms with Crippen LogP contribution in [-0.2, 0) is 35.3 Å². The molecule has 1 atom stereocenters. The summed E-state index contributed by atoms with van der Waals surface area (Å²) in [6, 6.07) is 2.35. The highest BCUT2D eigenvalue weighted by atomic mass is 16.7. The molecule has 1 N–H and O–H groups in total. The first-order valence-electron chi connectivity index (χ1n) is 9.65. The quantitative estimate of drug-likeness (QED) is 0.845. The normalized spacial score (nSPS) is 15.9. The summed E-state index contributed by atoms with van der Waals surface area (Å²) in [5.41, 5.74) is 6.50. The van der Waals surface area contributed by atoms with E-state index in [2.05, 4.69) is 21.5 Å². The fourth-order valence-electron chi connectivity index (χ4n) is 4.06. The Hall–Kier alpha value is -2.70. The van der Waals surface area contributed by atoms with Gasteiger partial charge in [0.05, 0.1) is 5.92 Å². The third-order valence-corrected chi connectivity index (χ3v) is 5.53. The molecule has 0 bridgehead atoms. The van der Waals surface area contributed by atoms with Gasteiger partial charge in [-0.05, 0) is 67.2 Å². The molecule has 4 rings (SSSR count). The SMILES string of the molecule is C[C@H](CCC(=O)Nc1c2c(cc3c1CCC3)CCC2)C(=O)On1cncn1. The number of aromatic nitrogens is 3. The van der Waals surface area contributed by atoms with Crippen molar-refractivity contribution in [1.82, 2.24) is 14.9 Å². The van der Waals surface area contributed by atoms with E-state index in [0.29, 0.717) is 6.42 Å². The van der Waals surface area contributed by atoms with Crippen LogP contribution in [0.2, 0.25) is 0 Å².